The molecule has 1 N–H and O–H groups in total. The Labute approximate surface area is 159 Å². The lowest BCUT2D eigenvalue weighted by Gasteiger charge is -2.21. The van der Waals surface area contributed by atoms with E-state index in [1.54, 1.807) is 42.5 Å². The highest BCUT2D eigenvalue weighted by atomic mass is 16.7. The second-order valence-electron chi connectivity index (χ2n) is 6.40. The van der Waals surface area contributed by atoms with Gasteiger partial charge in [-0.05, 0) is 43.2 Å². The summed E-state index contributed by atoms with van der Waals surface area (Å²) in [7, 11) is 0. The molecular formula is C21H24N2O4. The van der Waals surface area contributed by atoms with Gasteiger partial charge in [-0.15, -0.1) is 0 Å². The predicted octanol–water partition coefficient (Wildman–Crippen LogP) is 3.93. The van der Waals surface area contributed by atoms with Gasteiger partial charge in [0, 0.05) is 36.0 Å². The van der Waals surface area contributed by atoms with Crippen LogP contribution in [0.2, 0.25) is 0 Å². The summed E-state index contributed by atoms with van der Waals surface area (Å²) in [5.41, 5.74) is 1.57. The average Bonchev–Trinajstić information content (AvgIpc) is 3.15. The van der Waals surface area contributed by atoms with Crippen LogP contribution in [-0.2, 0) is 0 Å². The molecule has 2 amide bonds. The van der Waals surface area contributed by atoms with Gasteiger partial charge in [0.25, 0.3) is 11.8 Å². The topological polar surface area (TPSA) is 67.9 Å². The molecule has 0 aromatic heterocycles. The van der Waals surface area contributed by atoms with E-state index >= 15 is 0 Å². The number of hydrogen-bond donors (Lipinski definition) is 1. The summed E-state index contributed by atoms with van der Waals surface area (Å²) < 4.78 is 10.6. The minimum Gasteiger partial charge on any atom is -0.454 e. The van der Waals surface area contributed by atoms with Crippen molar-refractivity contribution < 1.29 is 19.1 Å². The predicted molar refractivity (Wildman–Crippen MR) is 103 cm³/mol. The fourth-order valence-corrected chi connectivity index (χ4v) is 3.01. The number of amides is 2. The number of benzene rings is 2. The van der Waals surface area contributed by atoms with Gasteiger partial charge in [0.1, 0.15) is 0 Å². The monoisotopic (exact) mass is 368 g/mol. The molecule has 0 aliphatic carbocycles. The van der Waals surface area contributed by atoms with E-state index in [2.05, 4.69) is 5.32 Å². The summed E-state index contributed by atoms with van der Waals surface area (Å²) in [6, 6.07) is 12.1. The van der Waals surface area contributed by atoms with Gasteiger partial charge in [-0.25, -0.2) is 0 Å². The molecule has 3 rings (SSSR count). The van der Waals surface area contributed by atoms with Crippen LogP contribution in [0.3, 0.4) is 0 Å². The van der Waals surface area contributed by atoms with Crippen LogP contribution in [0.25, 0.3) is 0 Å². The molecule has 1 heterocycles. The molecule has 6 heteroatoms. The van der Waals surface area contributed by atoms with Crippen LogP contribution in [0.1, 0.15) is 47.4 Å². The lowest BCUT2D eigenvalue weighted by Crippen LogP contribution is -2.32. The number of carbonyl (C=O) groups excluding carboxylic acids is 2. The SMILES string of the molecule is CCCN(CCC)C(=O)c1cccc(C(=O)Nc2ccc3c(c2)OCO3)c1. The van der Waals surface area contributed by atoms with E-state index in [0.717, 1.165) is 12.8 Å². The molecule has 0 saturated carbocycles. The molecule has 2 aromatic carbocycles. The van der Waals surface area contributed by atoms with Crippen molar-refractivity contribution in [3.63, 3.8) is 0 Å². The second-order valence-corrected chi connectivity index (χ2v) is 6.40. The molecule has 0 saturated heterocycles. The van der Waals surface area contributed by atoms with Crippen molar-refractivity contribution in [2.24, 2.45) is 0 Å². The Kier molecular flexibility index (Phi) is 5.96. The van der Waals surface area contributed by atoms with E-state index in [4.69, 9.17) is 9.47 Å². The fourth-order valence-electron chi connectivity index (χ4n) is 3.01. The summed E-state index contributed by atoms with van der Waals surface area (Å²) >= 11 is 0. The first kappa shape index (κ1) is 18.8. The van der Waals surface area contributed by atoms with Crippen molar-refractivity contribution in [3.05, 3.63) is 53.6 Å². The summed E-state index contributed by atoms with van der Waals surface area (Å²) in [4.78, 5) is 27.2. The third kappa shape index (κ3) is 4.39. The summed E-state index contributed by atoms with van der Waals surface area (Å²) in [5, 5.41) is 2.83. The van der Waals surface area contributed by atoms with Crippen molar-refractivity contribution in [1.82, 2.24) is 4.90 Å². The largest absolute Gasteiger partial charge is 0.454 e. The van der Waals surface area contributed by atoms with Gasteiger partial charge in [0.2, 0.25) is 6.79 Å². The van der Waals surface area contributed by atoms with Gasteiger partial charge in [0.05, 0.1) is 0 Å². The van der Waals surface area contributed by atoms with Crippen LogP contribution < -0.4 is 14.8 Å². The first-order valence-electron chi connectivity index (χ1n) is 9.22. The molecule has 142 valence electrons. The number of carbonyl (C=O) groups is 2. The zero-order valence-electron chi connectivity index (χ0n) is 15.7. The number of ether oxygens (including phenoxy) is 2. The summed E-state index contributed by atoms with van der Waals surface area (Å²) in [5.74, 6) is 0.941. The molecule has 1 aliphatic heterocycles. The van der Waals surface area contributed by atoms with E-state index in [1.165, 1.54) is 0 Å². The highest BCUT2D eigenvalue weighted by molar-refractivity contribution is 6.06. The zero-order valence-corrected chi connectivity index (χ0v) is 15.7. The van der Waals surface area contributed by atoms with Crippen molar-refractivity contribution in [3.8, 4) is 11.5 Å². The van der Waals surface area contributed by atoms with Crippen molar-refractivity contribution >= 4 is 17.5 Å². The molecule has 6 nitrogen and oxygen atoms in total. The third-order valence-electron chi connectivity index (χ3n) is 4.28. The van der Waals surface area contributed by atoms with E-state index in [1.807, 2.05) is 18.7 Å². The smallest absolute Gasteiger partial charge is 0.255 e. The van der Waals surface area contributed by atoms with Gasteiger partial charge in [-0.3, -0.25) is 9.59 Å². The summed E-state index contributed by atoms with van der Waals surface area (Å²) in [6.07, 6.45) is 1.80. The zero-order chi connectivity index (χ0) is 19.2. The number of rotatable bonds is 7. The first-order valence-corrected chi connectivity index (χ1v) is 9.22. The average molecular weight is 368 g/mol. The van der Waals surface area contributed by atoms with Crippen molar-refractivity contribution in [2.45, 2.75) is 26.7 Å². The Bertz CT molecular complexity index is 829. The maximum atomic E-state index is 12.7. The van der Waals surface area contributed by atoms with Gasteiger partial charge < -0.3 is 19.7 Å². The Morgan fingerprint density at radius 3 is 2.41 bits per heavy atom. The van der Waals surface area contributed by atoms with Crippen LogP contribution >= 0.6 is 0 Å². The molecule has 0 fully saturated rings. The number of anilines is 1. The van der Waals surface area contributed by atoms with E-state index in [9.17, 15) is 9.59 Å². The van der Waals surface area contributed by atoms with Crippen LogP contribution in [0, 0.1) is 0 Å². The van der Waals surface area contributed by atoms with Gasteiger partial charge in [-0.2, -0.15) is 0 Å². The maximum Gasteiger partial charge on any atom is 0.255 e. The lowest BCUT2D eigenvalue weighted by molar-refractivity contribution is 0.0755. The molecule has 0 atom stereocenters. The van der Waals surface area contributed by atoms with Gasteiger partial charge in [0.15, 0.2) is 11.5 Å². The van der Waals surface area contributed by atoms with E-state index in [-0.39, 0.29) is 18.6 Å². The minimum atomic E-state index is -0.277. The number of fused-ring (bicyclic) bond motifs is 1. The lowest BCUT2D eigenvalue weighted by atomic mass is 10.1. The Balaban J connectivity index is 1.74. The number of nitrogens with one attached hydrogen (secondary N) is 1. The highest BCUT2D eigenvalue weighted by Gasteiger charge is 2.17. The molecule has 0 unspecified atom stereocenters. The highest BCUT2D eigenvalue weighted by Crippen LogP contribution is 2.34. The third-order valence-corrected chi connectivity index (χ3v) is 4.28. The molecular weight excluding hydrogens is 344 g/mol. The molecule has 1 aliphatic rings. The molecule has 27 heavy (non-hydrogen) atoms. The number of nitrogens with zero attached hydrogens (tertiary/aromatic N) is 1. The Hall–Kier alpha value is -3.02. The van der Waals surface area contributed by atoms with Crippen LogP contribution in [0.4, 0.5) is 5.69 Å². The molecule has 0 spiro atoms. The normalized spacial score (nSPS) is 11.9. The fraction of sp³-hybridized carbons (Fsp3) is 0.333. The first-order chi connectivity index (χ1) is 13.1. The van der Waals surface area contributed by atoms with Crippen molar-refractivity contribution in [1.29, 1.82) is 0 Å². The Morgan fingerprint density at radius 1 is 0.963 bits per heavy atom. The minimum absolute atomic E-state index is 0.0450. The number of hydrogen-bond acceptors (Lipinski definition) is 4. The van der Waals surface area contributed by atoms with Crippen LogP contribution in [0.5, 0.6) is 11.5 Å². The maximum absolute atomic E-state index is 12.7. The van der Waals surface area contributed by atoms with Crippen LogP contribution in [0.15, 0.2) is 42.5 Å². The van der Waals surface area contributed by atoms with E-state index < -0.39 is 0 Å². The van der Waals surface area contributed by atoms with Crippen molar-refractivity contribution in [2.75, 3.05) is 25.2 Å². The molecule has 0 radical (unpaired) electrons. The quantitative estimate of drug-likeness (QED) is 0.804. The standard InChI is InChI=1S/C21H24N2O4/c1-3-10-23(11-4-2)21(25)16-7-5-6-15(12-16)20(24)22-17-8-9-18-19(13-17)27-14-26-18/h5-9,12-13H,3-4,10-11,14H2,1-2H3,(H,22,24). The molecule has 0 bridgehead atoms. The van der Waals surface area contributed by atoms with Gasteiger partial charge in [-0.1, -0.05) is 19.9 Å². The molecule has 2 aromatic rings. The van der Waals surface area contributed by atoms with Crippen LogP contribution in [-0.4, -0.2) is 36.6 Å². The summed E-state index contributed by atoms with van der Waals surface area (Å²) in [6.45, 7) is 5.69. The second kappa shape index (κ2) is 8.58. The van der Waals surface area contributed by atoms with Gasteiger partial charge >= 0.3 is 0 Å². The Morgan fingerprint density at radius 2 is 1.67 bits per heavy atom. The van der Waals surface area contributed by atoms with E-state index in [0.29, 0.717) is 41.4 Å².